The fourth-order valence-electron chi connectivity index (χ4n) is 17.2. The number of ketones is 3. The Labute approximate surface area is 772 Å². The Balaban J connectivity index is 0.655. The topological polar surface area (TPSA) is 427 Å². The summed E-state index contributed by atoms with van der Waals surface area (Å²) in [4.78, 5) is 108. The molecule has 8 rings (SSSR count). The number of aryl methyl sites for hydroxylation is 1. The van der Waals surface area contributed by atoms with Gasteiger partial charge in [-0.05, 0) is 198 Å². The number of azide groups is 1. The van der Waals surface area contributed by atoms with Crippen molar-refractivity contribution >= 4 is 56.8 Å². The van der Waals surface area contributed by atoms with Gasteiger partial charge >= 0.3 is 11.9 Å². The number of ether oxygens (including phenoxy) is 15. The smallest absolute Gasteiger partial charge is 0.329 e. The van der Waals surface area contributed by atoms with Gasteiger partial charge in [-0.2, -0.15) is 0 Å². The molecule has 2 bridgehead atoms. The number of anilines is 1. The largest absolute Gasteiger partial charge is 0.491 e. The molecule has 1 aromatic heterocycles. The molecule has 16 atom stereocenters. The lowest BCUT2D eigenvalue weighted by molar-refractivity contribution is -0.265. The van der Waals surface area contributed by atoms with E-state index >= 15 is 0 Å². The van der Waals surface area contributed by atoms with Crippen LogP contribution in [0.3, 0.4) is 0 Å². The van der Waals surface area contributed by atoms with Crippen molar-refractivity contribution in [1.82, 2.24) is 14.8 Å². The second-order valence-electron chi connectivity index (χ2n) is 35.0. The van der Waals surface area contributed by atoms with E-state index < -0.39 is 112 Å². The van der Waals surface area contributed by atoms with Crippen molar-refractivity contribution in [3.05, 3.63) is 129 Å². The van der Waals surface area contributed by atoms with E-state index in [0.29, 0.717) is 205 Å². The molecule has 1 aliphatic carbocycles. The highest BCUT2D eigenvalue weighted by atomic mass is 32.2. The fraction of sp³-hybridized carbons (Fsp3) is 0.670. The number of hydrogen-bond acceptors (Lipinski definition) is 29. The van der Waals surface area contributed by atoms with Crippen molar-refractivity contribution in [3.8, 4) is 16.9 Å². The van der Waals surface area contributed by atoms with Crippen molar-refractivity contribution in [1.29, 1.82) is 0 Å². The number of cyclic esters (lactones) is 1. The number of benzene rings is 2. The number of amides is 2. The monoisotopic (exact) mass is 1850 g/mol. The summed E-state index contributed by atoms with van der Waals surface area (Å²) in [5.41, 5.74) is 20.7. The molecule has 0 radical (unpaired) electrons. The number of pyridine rings is 1. The maximum absolute atomic E-state index is 14.9. The number of methoxy groups -OCH3 is 3. The molecular formula is C97H143N7O26S. The zero-order valence-corrected chi connectivity index (χ0v) is 79.4. The highest BCUT2D eigenvalue weighted by Crippen LogP contribution is 2.40. The first kappa shape index (κ1) is 108. The number of nitrogens with two attached hydrogens (primary N) is 1. The normalized spacial score (nSPS) is 27.0. The van der Waals surface area contributed by atoms with Gasteiger partial charge in [0.1, 0.15) is 54.4 Å². The number of aromatic nitrogens is 1. The average molecular weight is 1860 g/mol. The van der Waals surface area contributed by atoms with Gasteiger partial charge < -0.3 is 96.8 Å². The van der Waals surface area contributed by atoms with Crippen LogP contribution in [0.4, 0.5) is 5.82 Å². The number of rotatable bonds is 43. The van der Waals surface area contributed by atoms with Crippen molar-refractivity contribution in [3.63, 3.8) is 0 Å². The standard InChI is InChI=1S/C97H143N7O26S/c1-65-19-13-12-14-20-66(2)85(116-9)61-78-28-24-72(8)97(113,130-78)93(109)95(111)104-35-16-15-22-82(104)96(112)129-86(62-81(101-102-99)68(4)56-71(7)91(108)92(118-11)90(107)70(6)55-65)69(5)57-73-25-31-84(87(59-73)117-10)128-89(106)23-17-37-119-40-42-121-44-46-123-48-50-125-52-53-126-51-49-124-47-45-122-43-41-120-38-34-77(105)21-18-54-131(114,115)79-29-30-80(67(3)58-79)94(110)103-36-39-127-83-32-26-74(60-76(83)64-103)75-27-33-88(98)100-63-75/h12-14,19-20,26-27,29-30,32-33,56,58,60,63,65,68-70,72-73,78,81-82,84-87,91-92,108,113H,15-18,21-25,28,31,34-55,57,59,61-62,64H2,1-11H3,(H2,98,100)/b14-12+,19-13+,66-20+,71-56+/t65-,68-,69-,70-,72-,73+,78+,81+,82+,84-,85+,86+,87-,91-,92+,97-/m1/s1. The first-order chi connectivity index (χ1) is 63.0. The van der Waals surface area contributed by atoms with E-state index in [9.17, 15) is 57.7 Å². The molecule has 0 unspecified atom stereocenters. The molecule has 131 heavy (non-hydrogen) atoms. The Morgan fingerprint density at radius 3 is 1.98 bits per heavy atom. The molecule has 3 aromatic rings. The Kier molecular flexibility index (Phi) is 46.9. The van der Waals surface area contributed by atoms with Crippen LogP contribution in [0.5, 0.6) is 5.75 Å². The molecular weight excluding hydrogens is 1710 g/mol. The Bertz CT molecular complexity index is 4390. The zero-order chi connectivity index (χ0) is 94.8. The molecule has 3 fully saturated rings. The summed E-state index contributed by atoms with van der Waals surface area (Å²) in [6, 6.07) is 11.9. The van der Waals surface area contributed by atoms with Gasteiger partial charge in [0.2, 0.25) is 5.79 Å². The third-order valence-electron chi connectivity index (χ3n) is 25.0. The van der Waals surface area contributed by atoms with Gasteiger partial charge in [0.05, 0.1) is 135 Å². The van der Waals surface area contributed by atoms with Crippen molar-refractivity contribution < 1.29 is 123 Å². The highest BCUT2D eigenvalue weighted by Gasteiger charge is 2.53. The minimum Gasteiger partial charge on any atom is -0.491 e. The van der Waals surface area contributed by atoms with Gasteiger partial charge in [0.25, 0.3) is 17.6 Å². The minimum absolute atomic E-state index is 0.00323. The van der Waals surface area contributed by atoms with Crippen LogP contribution in [0.2, 0.25) is 0 Å². The molecule has 4 N–H and O–H groups in total. The van der Waals surface area contributed by atoms with Gasteiger partial charge in [0, 0.05) is 112 Å². The van der Waals surface area contributed by atoms with Crippen LogP contribution in [-0.4, -0.2) is 288 Å². The van der Waals surface area contributed by atoms with Gasteiger partial charge in [-0.3, -0.25) is 28.8 Å². The SMILES string of the molecule is CO[C@H]1C[C@@H]2CC[C@@H](C)[C@@](O)(O2)C(=O)C(=O)N2CCCC[C@H]2C(=O)O[C@H]([C@H](C)C[C@@H]2CC[C@@H](OC(=O)CCCOCCOCCOCCOCCOCCOCCOCCOCCC(=O)CCCS(=O)(=O)c3ccc(C(=O)N4CCOc5ccc(-c6ccc(N)nc6)cc5C4)c(C)c3)[C@H](OC)C2)C[C@H](N=[N+]=[N-])[C@H](C)/C=C(\C)[C@@H](O)[C@@H](OC)C(=O)[C@H](C)C[C@H](C)/C=C/C=C/C=C/1C. The average Bonchev–Trinajstić information content (AvgIpc) is 1.64. The molecule has 33 nitrogen and oxygen atoms in total. The number of aliphatic hydroxyl groups excluding tert-OH is 1. The summed E-state index contributed by atoms with van der Waals surface area (Å²) in [5, 5.41) is 28.2. The number of piperidine rings is 1. The molecule has 2 aromatic carbocycles. The molecule has 5 heterocycles. The summed E-state index contributed by atoms with van der Waals surface area (Å²) in [6.45, 7) is 21.0. The second kappa shape index (κ2) is 56.8. The molecule has 0 spiro atoms. The Morgan fingerprint density at radius 2 is 1.35 bits per heavy atom. The van der Waals surface area contributed by atoms with Crippen LogP contribution in [-0.2, 0) is 111 Å². The van der Waals surface area contributed by atoms with E-state index in [0.717, 1.165) is 22.3 Å². The van der Waals surface area contributed by atoms with E-state index in [2.05, 4.69) is 15.0 Å². The summed E-state index contributed by atoms with van der Waals surface area (Å²) in [6.07, 6.45) is 13.3. The van der Waals surface area contributed by atoms with Gasteiger partial charge in [-0.25, -0.2) is 18.2 Å². The van der Waals surface area contributed by atoms with Crippen molar-refractivity contribution in [2.24, 2.45) is 40.6 Å². The van der Waals surface area contributed by atoms with Crippen LogP contribution in [0.15, 0.2) is 112 Å². The van der Waals surface area contributed by atoms with E-state index in [1.807, 2.05) is 89.3 Å². The van der Waals surface area contributed by atoms with Gasteiger partial charge in [0.15, 0.2) is 15.6 Å². The first-order valence-corrected chi connectivity index (χ1v) is 48.1. The molecule has 34 heteroatoms. The number of carbonyl (C=O) groups is 7. The van der Waals surface area contributed by atoms with Crippen LogP contribution < -0.4 is 10.5 Å². The van der Waals surface area contributed by atoms with E-state index in [-0.39, 0.29) is 111 Å². The second-order valence-corrected chi connectivity index (χ2v) is 37.1. The number of hydrogen-bond donors (Lipinski definition) is 3. The molecule has 2 amide bonds. The van der Waals surface area contributed by atoms with Crippen LogP contribution >= 0.6 is 0 Å². The number of fused-ring (bicyclic) bond motifs is 4. The molecule has 5 aliphatic rings. The van der Waals surface area contributed by atoms with Crippen molar-refractivity contribution in [2.45, 2.75) is 237 Å². The Hall–Kier alpha value is -8.26. The lowest BCUT2D eigenvalue weighted by Gasteiger charge is -2.43. The van der Waals surface area contributed by atoms with Crippen LogP contribution in [0, 0.1) is 42.4 Å². The predicted octanol–water partition coefficient (Wildman–Crippen LogP) is 12.0. The van der Waals surface area contributed by atoms with E-state index in [4.69, 9.17) is 76.8 Å². The molecule has 728 valence electrons. The fourth-order valence-corrected chi connectivity index (χ4v) is 18.6. The van der Waals surface area contributed by atoms with Crippen LogP contribution in [0.1, 0.15) is 179 Å². The maximum Gasteiger partial charge on any atom is 0.329 e. The van der Waals surface area contributed by atoms with E-state index in [1.165, 1.54) is 24.1 Å². The summed E-state index contributed by atoms with van der Waals surface area (Å²) < 4.78 is 114. The number of allylic oxidation sites excluding steroid dienone is 5. The third-order valence-corrected chi connectivity index (χ3v) is 26.8. The Morgan fingerprint density at radius 1 is 0.695 bits per heavy atom. The lowest BCUT2D eigenvalue weighted by atomic mass is 9.78. The summed E-state index contributed by atoms with van der Waals surface area (Å²) >= 11 is 0. The molecule has 4 aliphatic heterocycles. The first-order valence-electron chi connectivity index (χ1n) is 46.4. The maximum atomic E-state index is 14.9. The van der Waals surface area contributed by atoms with E-state index in [1.54, 1.807) is 64.3 Å². The number of esters is 2. The molecule has 1 saturated carbocycles. The molecule has 2 saturated heterocycles. The quantitative estimate of drug-likeness (QED) is 0.00901. The number of carbonyl (C=O) groups excluding carboxylic acids is 7. The lowest BCUT2D eigenvalue weighted by Crippen LogP contribution is -2.61. The van der Waals surface area contributed by atoms with Crippen molar-refractivity contribution in [2.75, 3.05) is 158 Å². The summed E-state index contributed by atoms with van der Waals surface area (Å²) in [5.74, 6) is -7.84. The predicted molar refractivity (Wildman–Crippen MR) is 489 cm³/mol. The number of nitrogens with zero attached hydrogens (tertiary/aromatic N) is 6. The number of Topliss-reactive ketones (excluding diaryl/α,β-unsaturated/α-hetero) is 3. The number of sulfone groups is 1. The number of aliphatic hydroxyl groups is 2. The minimum atomic E-state index is -3.72. The highest BCUT2D eigenvalue weighted by molar-refractivity contribution is 7.91. The van der Waals surface area contributed by atoms with Gasteiger partial charge in [-0.1, -0.05) is 82.3 Å². The van der Waals surface area contributed by atoms with Gasteiger partial charge in [-0.15, -0.1) is 0 Å². The summed E-state index contributed by atoms with van der Waals surface area (Å²) in [7, 11) is 0.794. The zero-order valence-electron chi connectivity index (χ0n) is 78.6. The number of nitrogen functional groups attached to an aromatic ring is 1. The van der Waals surface area contributed by atoms with Crippen LogP contribution in [0.25, 0.3) is 21.6 Å². The third kappa shape index (κ3) is 34.9.